The van der Waals surface area contributed by atoms with Crippen LogP contribution in [-0.2, 0) is 11.2 Å². The lowest BCUT2D eigenvalue weighted by Crippen LogP contribution is -2.51. The Balaban J connectivity index is 1.90. The number of amides is 2. The summed E-state index contributed by atoms with van der Waals surface area (Å²) in [7, 11) is 0. The Morgan fingerprint density at radius 3 is 2.00 bits per heavy atom. The van der Waals surface area contributed by atoms with E-state index in [0.29, 0.717) is 5.56 Å². The molecule has 1 aliphatic rings. The van der Waals surface area contributed by atoms with Crippen molar-refractivity contribution in [2.75, 3.05) is 26.2 Å². The largest absolute Gasteiger partial charge is 0.397 e. The van der Waals surface area contributed by atoms with Gasteiger partial charge in [0, 0.05) is 31.7 Å². The van der Waals surface area contributed by atoms with Gasteiger partial charge in [0.1, 0.15) is 6.42 Å². The summed E-state index contributed by atoms with van der Waals surface area (Å²) in [6, 6.07) is 7.28. The molecule has 0 N–H and O–H groups in total. The van der Waals surface area contributed by atoms with Gasteiger partial charge in [-0.2, -0.15) is 13.2 Å². The number of benzene rings is 1. The fourth-order valence-electron chi connectivity index (χ4n) is 2.51. The summed E-state index contributed by atoms with van der Waals surface area (Å²) in [6.45, 7) is 2.78. The molecule has 126 valence electrons. The van der Waals surface area contributed by atoms with Gasteiger partial charge >= 0.3 is 6.18 Å². The number of hydrogen-bond donors (Lipinski definition) is 0. The van der Waals surface area contributed by atoms with Crippen molar-refractivity contribution in [2.45, 2.75) is 25.9 Å². The summed E-state index contributed by atoms with van der Waals surface area (Å²) in [4.78, 5) is 26.6. The van der Waals surface area contributed by atoms with Crippen molar-refractivity contribution in [2.24, 2.45) is 0 Å². The summed E-state index contributed by atoms with van der Waals surface area (Å²) in [5, 5.41) is 0. The first-order chi connectivity index (χ1) is 10.8. The fourth-order valence-corrected chi connectivity index (χ4v) is 2.51. The van der Waals surface area contributed by atoms with E-state index in [2.05, 4.69) is 0 Å². The van der Waals surface area contributed by atoms with Crippen molar-refractivity contribution in [1.29, 1.82) is 0 Å². The predicted octanol–water partition coefficient (Wildman–Crippen LogP) is 2.49. The quantitative estimate of drug-likeness (QED) is 0.855. The van der Waals surface area contributed by atoms with Crippen LogP contribution in [0.2, 0.25) is 0 Å². The summed E-state index contributed by atoms with van der Waals surface area (Å²) < 4.78 is 36.7. The van der Waals surface area contributed by atoms with E-state index in [0.717, 1.165) is 16.9 Å². The highest BCUT2D eigenvalue weighted by atomic mass is 19.4. The Morgan fingerprint density at radius 1 is 1.00 bits per heavy atom. The van der Waals surface area contributed by atoms with Gasteiger partial charge < -0.3 is 9.80 Å². The van der Waals surface area contributed by atoms with E-state index in [1.807, 2.05) is 19.1 Å². The van der Waals surface area contributed by atoms with Gasteiger partial charge in [-0.1, -0.05) is 19.1 Å². The lowest BCUT2D eigenvalue weighted by Gasteiger charge is -2.35. The molecule has 0 unspecified atom stereocenters. The van der Waals surface area contributed by atoms with Crippen molar-refractivity contribution in [3.63, 3.8) is 0 Å². The number of nitrogens with zero attached hydrogens (tertiary/aromatic N) is 2. The molecule has 23 heavy (non-hydrogen) atoms. The minimum absolute atomic E-state index is 0.133. The SMILES string of the molecule is CCc1ccc(C(=O)N2CCN(C(=O)CC(F)(F)F)CC2)cc1. The fraction of sp³-hybridized carbons (Fsp3) is 0.500. The lowest BCUT2D eigenvalue weighted by atomic mass is 10.1. The molecule has 0 atom stereocenters. The third-order valence-electron chi connectivity index (χ3n) is 3.88. The van der Waals surface area contributed by atoms with Crippen molar-refractivity contribution < 1.29 is 22.8 Å². The van der Waals surface area contributed by atoms with Gasteiger partial charge in [0.25, 0.3) is 5.91 Å². The van der Waals surface area contributed by atoms with Gasteiger partial charge in [0.2, 0.25) is 5.91 Å². The molecule has 1 fully saturated rings. The van der Waals surface area contributed by atoms with Crippen LogP contribution in [0, 0.1) is 0 Å². The average Bonchev–Trinajstić information content (AvgIpc) is 2.53. The molecule has 1 aliphatic heterocycles. The van der Waals surface area contributed by atoms with Crippen molar-refractivity contribution >= 4 is 11.8 Å². The van der Waals surface area contributed by atoms with E-state index in [1.54, 1.807) is 17.0 Å². The second-order valence-corrected chi connectivity index (χ2v) is 5.52. The number of halogens is 3. The van der Waals surface area contributed by atoms with Crippen LogP contribution in [0.15, 0.2) is 24.3 Å². The van der Waals surface area contributed by atoms with Crippen LogP contribution in [-0.4, -0.2) is 54.0 Å². The van der Waals surface area contributed by atoms with Gasteiger partial charge in [-0.3, -0.25) is 9.59 Å². The number of piperazine rings is 1. The topological polar surface area (TPSA) is 40.6 Å². The maximum absolute atomic E-state index is 12.3. The van der Waals surface area contributed by atoms with E-state index in [9.17, 15) is 22.8 Å². The van der Waals surface area contributed by atoms with E-state index in [4.69, 9.17) is 0 Å². The average molecular weight is 328 g/mol. The second kappa shape index (κ2) is 7.02. The van der Waals surface area contributed by atoms with Gasteiger partial charge in [-0.05, 0) is 24.1 Å². The predicted molar refractivity (Wildman–Crippen MR) is 79.0 cm³/mol. The molecule has 0 aromatic heterocycles. The number of carbonyl (C=O) groups excluding carboxylic acids is 2. The Labute approximate surface area is 132 Å². The molecule has 0 aliphatic carbocycles. The number of alkyl halides is 3. The monoisotopic (exact) mass is 328 g/mol. The Bertz CT molecular complexity index is 562. The zero-order valence-electron chi connectivity index (χ0n) is 12.9. The molecule has 2 amide bonds. The maximum atomic E-state index is 12.3. The minimum Gasteiger partial charge on any atom is -0.339 e. The van der Waals surface area contributed by atoms with Gasteiger partial charge in [0.05, 0.1) is 0 Å². The van der Waals surface area contributed by atoms with Crippen LogP contribution >= 0.6 is 0 Å². The highest BCUT2D eigenvalue weighted by Crippen LogP contribution is 2.21. The Morgan fingerprint density at radius 2 is 1.52 bits per heavy atom. The second-order valence-electron chi connectivity index (χ2n) is 5.52. The molecule has 0 radical (unpaired) electrons. The number of aryl methyl sites for hydroxylation is 1. The first kappa shape index (κ1) is 17.3. The van der Waals surface area contributed by atoms with Crippen LogP contribution in [0.3, 0.4) is 0 Å². The molecule has 4 nitrogen and oxygen atoms in total. The van der Waals surface area contributed by atoms with Crippen molar-refractivity contribution in [3.8, 4) is 0 Å². The van der Waals surface area contributed by atoms with Crippen LogP contribution in [0.1, 0.15) is 29.3 Å². The first-order valence-electron chi connectivity index (χ1n) is 7.53. The number of rotatable bonds is 3. The van der Waals surface area contributed by atoms with Crippen molar-refractivity contribution in [1.82, 2.24) is 9.80 Å². The third-order valence-corrected chi connectivity index (χ3v) is 3.88. The van der Waals surface area contributed by atoms with E-state index in [1.165, 1.54) is 0 Å². The standard InChI is InChI=1S/C16H19F3N2O2/c1-2-12-3-5-13(6-4-12)15(23)21-9-7-20(8-10-21)14(22)11-16(17,18)19/h3-6H,2,7-11H2,1H3. The normalized spacial score (nSPS) is 15.7. The van der Waals surface area contributed by atoms with E-state index >= 15 is 0 Å². The Hall–Kier alpha value is -2.05. The van der Waals surface area contributed by atoms with Gasteiger partial charge in [-0.15, -0.1) is 0 Å². The zero-order chi connectivity index (χ0) is 17.0. The maximum Gasteiger partial charge on any atom is 0.397 e. The van der Waals surface area contributed by atoms with Crippen LogP contribution < -0.4 is 0 Å². The zero-order valence-corrected chi connectivity index (χ0v) is 12.9. The molecular formula is C16H19F3N2O2. The van der Waals surface area contributed by atoms with Gasteiger partial charge in [-0.25, -0.2) is 0 Å². The van der Waals surface area contributed by atoms with Crippen LogP contribution in [0.5, 0.6) is 0 Å². The smallest absolute Gasteiger partial charge is 0.339 e. The minimum atomic E-state index is -4.49. The number of hydrogen-bond acceptors (Lipinski definition) is 2. The highest BCUT2D eigenvalue weighted by molar-refractivity contribution is 5.94. The molecule has 7 heteroatoms. The summed E-state index contributed by atoms with van der Waals surface area (Å²) in [6.07, 6.45) is -5.06. The van der Waals surface area contributed by atoms with E-state index < -0.39 is 18.5 Å². The molecule has 0 bridgehead atoms. The molecule has 0 spiro atoms. The molecule has 0 saturated carbocycles. The molecule has 1 heterocycles. The lowest BCUT2D eigenvalue weighted by molar-refractivity contribution is -0.162. The molecular weight excluding hydrogens is 309 g/mol. The van der Waals surface area contributed by atoms with Crippen molar-refractivity contribution in [3.05, 3.63) is 35.4 Å². The highest BCUT2D eigenvalue weighted by Gasteiger charge is 2.34. The first-order valence-corrected chi connectivity index (χ1v) is 7.53. The Kier molecular flexibility index (Phi) is 5.28. The molecule has 2 rings (SSSR count). The summed E-state index contributed by atoms with van der Waals surface area (Å²) in [5.41, 5.74) is 1.68. The van der Waals surface area contributed by atoms with Crippen LogP contribution in [0.25, 0.3) is 0 Å². The third kappa shape index (κ3) is 4.71. The number of carbonyl (C=O) groups is 2. The summed E-state index contributed by atoms with van der Waals surface area (Å²) in [5.74, 6) is -1.09. The van der Waals surface area contributed by atoms with Gasteiger partial charge in [0.15, 0.2) is 0 Å². The summed E-state index contributed by atoms with van der Waals surface area (Å²) >= 11 is 0. The van der Waals surface area contributed by atoms with E-state index in [-0.39, 0.29) is 32.1 Å². The molecule has 1 aromatic carbocycles. The van der Waals surface area contributed by atoms with Crippen LogP contribution in [0.4, 0.5) is 13.2 Å². The molecule has 1 aromatic rings. The molecule has 1 saturated heterocycles.